The van der Waals surface area contributed by atoms with Crippen LogP contribution in [0.25, 0.3) is 0 Å². The maximum absolute atomic E-state index is 11.6. The Morgan fingerprint density at radius 2 is 2.20 bits per heavy atom. The van der Waals surface area contributed by atoms with Gasteiger partial charge >= 0.3 is 5.97 Å². The molecule has 15 heavy (non-hydrogen) atoms. The summed E-state index contributed by atoms with van der Waals surface area (Å²) in [7, 11) is 0. The molecule has 0 heterocycles. The number of hydrogen-bond acceptors (Lipinski definition) is 2. The molecular weight excluding hydrogens is 194 g/mol. The highest BCUT2D eigenvalue weighted by Crippen LogP contribution is 2.17. The van der Waals surface area contributed by atoms with Crippen molar-refractivity contribution in [3.63, 3.8) is 0 Å². The van der Waals surface area contributed by atoms with Crippen LogP contribution in [0.2, 0.25) is 0 Å². The van der Waals surface area contributed by atoms with E-state index in [0.29, 0.717) is 13.0 Å². The quantitative estimate of drug-likeness (QED) is 0.532. The number of aliphatic carboxylic acids is 1. The Morgan fingerprint density at radius 3 is 2.80 bits per heavy atom. The number of carboxylic acid groups (broad SMARTS) is 1. The van der Waals surface area contributed by atoms with E-state index in [9.17, 15) is 9.59 Å². The molecule has 0 aliphatic heterocycles. The molecule has 2 N–H and O–H groups in total. The maximum Gasteiger partial charge on any atom is 0.303 e. The summed E-state index contributed by atoms with van der Waals surface area (Å²) in [5.41, 5.74) is 0. The van der Waals surface area contributed by atoms with Gasteiger partial charge in [-0.2, -0.15) is 0 Å². The summed E-state index contributed by atoms with van der Waals surface area (Å²) < 4.78 is 0. The van der Waals surface area contributed by atoms with Crippen LogP contribution in [-0.4, -0.2) is 23.5 Å². The number of nitrogens with one attached hydrogen (secondary N) is 1. The van der Waals surface area contributed by atoms with Gasteiger partial charge in [0.15, 0.2) is 0 Å². The molecule has 1 rings (SSSR count). The van der Waals surface area contributed by atoms with Crippen LogP contribution < -0.4 is 5.32 Å². The summed E-state index contributed by atoms with van der Waals surface area (Å²) in [6, 6.07) is 0. The standard InChI is InChI=1S/C11H17NO3/c13-10(14)7-4-8-12-11(15)9-5-2-1-3-6-9/h1-2,9H,3-8H2,(H,12,15)(H,13,14)/t9-/m0/s1. The van der Waals surface area contributed by atoms with Gasteiger partial charge < -0.3 is 10.4 Å². The molecule has 0 saturated heterocycles. The van der Waals surface area contributed by atoms with Crippen molar-refractivity contribution >= 4 is 11.9 Å². The molecule has 0 aromatic heterocycles. The molecule has 0 saturated carbocycles. The second-order valence-corrected chi connectivity index (χ2v) is 3.77. The number of carboxylic acids is 1. The molecule has 0 aromatic carbocycles. The Kier molecular flexibility index (Phi) is 4.87. The monoisotopic (exact) mass is 211 g/mol. The fourth-order valence-corrected chi connectivity index (χ4v) is 1.63. The van der Waals surface area contributed by atoms with Gasteiger partial charge in [0.25, 0.3) is 0 Å². The molecular formula is C11H17NO3. The van der Waals surface area contributed by atoms with Crippen LogP contribution in [0.1, 0.15) is 32.1 Å². The number of hydrogen-bond donors (Lipinski definition) is 2. The van der Waals surface area contributed by atoms with Crippen molar-refractivity contribution in [1.29, 1.82) is 0 Å². The zero-order valence-corrected chi connectivity index (χ0v) is 8.74. The summed E-state index contributed by atoms with van der Waals surface area (Å²) in [4.78, 5) is 21.8. The van der Waals surface area contributed by atoms with Crippen LogP contribution in [0.4, 0.5) is 0 Å². The van der Waals surface area contributed by atoms with E-state index in [1.54, 1.807) is 0 Å². The largest absolute Gasteiger partial charge is 0.481 e. The first-order valence-electron chi connectivity index (χ1n) is 5.34. The number of carbonyl (C=O) groups is 2. The molecule has 84 valence electrons. The Morgan fingerprint density at radius 1 is 1.40 bits per heavy atom. The van der Waals surface area contributed by atoms with Gasteiger partial charge in [0.05, 0.1) is 0 Å². The normalized spacial score (nSPS) is 19.9. The van der Waals surface area contributed by atoms with Crippen molar-refractivity contribution in [3.8, 4) is 0 Å². The Balaban J connectivity index is 2.12. The lowest BCUT2D eigenvalue weighted by molar-refractivity contribution is -0.137. The van der Waals surface area contributed by atoms with Crippen molar-refractivity contribution in [3.05, 3.63) is 12.2 Å². The van der Waals surface area contributed by atoms with E-state index in [-0.39, 0.29) is 18.2 Å². The van der Waals surface area contributed by atoms with Gasteiger partial charge in [0.2, 0.25) is 5.91 Å². The lowest BCUT2D eigenvalue weighted by Crippen LogP contribution is -2.32. The topological polar surface area (TPSA) is 66.4 Å². The van der Waals surface area contributed by atoms with Crippen molar-refractivity contribution in [1.82, 2.24) is 5.32 Å². The van der Waals surface area contributed by atoms with Crippen LogP contribution in [0.5, 0.6) is 0 Å². The highest BCUT2D eigenvalue weighted by Gasteiger charge is 2.17. The second kappa shape index (κ2) is 6.22. The minimum atomic E-state index is -0.815. The third-order valence-electron chi connectivity index (χ3n) is 2.51. The molecule has 1 atom stereocenters. The van der Waals surface area contributed by atoms with Gasteiger partial charge in [-0.05, 0) is 25.7 Å². The first-order valence-corrected chi connectivity index (χ1v) is 5.34. The van der Waals surface area contributed by atoms with Crippen molar-refractivity contribution in [2.24, 2.45) is 5.92 Å². The van der Waals surface area contributed by atoms with Gasteiger partial charge in [-0.15, -0.1) is 0 Å². The average molecular weight is 211 g/mol. The lowest BCUT2D eigenvalue weighted by atomic mass is 9.94. The highest BCUT2D eigenvalue weighted by molar-refractivity contribution is 5.79. The van der Waals surface area contributed by atoms with Gasteiger partial charge in [-0.3, -0.25) is 9.59 Å². The van der Waals surface area contributed by atoms with Crippen LogP contribution >= 0.6 is 0 Å². The smallest absolute Gasteiger partial charge is 0.303 e. The predicted molar refractivity (Wildman–Crippen MR) is 56.4 cm³/mol. The summed E-state index contributed by atoms with van der Waals surface area (Å²) in [6.07, 6.45) is 7.42. The Labute approximate surface area is 89.4 Å². The fraction of sp³-hybridized carbons (Fsp3) is 0.636. The summed E-state index contributed by atoms with van der Waals surface area (Å²) in [5, 5.41) is 11.2. The van der Waals surface area contributed by atoms with E-state index in [1.165, 1.54) is 0 Å². The molecule has 1 aliphatic carbocycles. The molecule has 0 spiro atoms. The predicted octanol–water partition coefficient (Wildman–Crippen LogP) is 1.32. The summed E-state index contributed by atoms with van der Waals surface area (Å²) in [5.74, 6) is -0.672. The fourth-order valence-electron chi connectivity index (χ4n) is 1.63. The number of amides is 1. The molecule has 1 aliphatic rings. The highest BCUT2D eigenvalue weighted by atomic mass is 16.4. The minimum absolute atomic E-state index is 0.0599. The molecule has 0 unspecified atom stereocenters. The van der Waals surface area contributed by atoms with Crippen molar-refractivity contribution < 1.29 is 14.7 Å². The number of allylic oxidation sites excluding steroid dienone is 2. The van der Waals surface area contributed by atoms with Crippen LogP contribution in [0, 0.1) is 5.92 Å². The van der Waals surface area contributed by atoms with Crippen LogP contribution in [-0.2, 0) is 9.59 Å². The second-order valence-electron chi connectivity index (χ2n) is 3.77. The van der Waals surface area contributed by atoms with Gasteiger partial charge in [0, 0.05) is 18.9 Å². The molecule has 4 nitrogen and oxygen atoms in total. The van der Waals surface area contributed by atoms with E-state index in [0.717, 1.165) is 19.3 Å². The first-order chi connectivity index (χ1) is 7.20. The Hall–Kier alpha value is -1.32. The van der Waals surface area contributed by atoms with E-state index in [1.807, 2.05) is 6.08 Å². The minimum Gasteiger partial charge on any atom is -0.481 e. The molecule has 1 amide bonds. The van der Waals surface area contributed by atoms with Gasteiger partial charge in [-0.1, -0.05) is 12.2 Å². The molecule has 0 radical (unpaired) electrons. The van der Waals surface area contributed by atoms with Gasteiger partial charge in [0.1, 0.15) is 0 Å². The zero-order chi connectivity index (χ0) is 11.1. The SMILES string of the molecule is O=C(O)CCCNC(=O)[C@H]1CC=CCC1. The maximum atomic E-state index is 11.6. The third-order valence-corrected chi connectivity index (χ3v) is 2.51. The third kappa shape index (κ3) is 4.63. The van der Waals surface area contributed by atoms with E-state index in [2.05, 4.69) is 11.4 Å². The molecule has 0 fully saturated rings. The number of rotatable bonds is 5. The van der Waals surface area contributed by atoms with E-state index >= 15 is 0 Å². The van der Waals surface area contributed by atoms with Crippen molar-refractivity contribution in [2.75, 3.05) is 6.54 Å². The van der Waals surface area contributed by atoms with E-state index in [4.69, 9.17) is 5.11 Å². The summed E-state index contributed by atoms with van der Waals surface area (Å²) >= 11 is 0. The van der Waals surface area contributed by atoms with E-state index < -0.39 is 5.97 Å². The van der Waals surface area contributed by atoms with Crippen LogP contribution in [0.3, 0.4) is 0 Å². The average Bonchev–Trinajstić information content (AvgIpc) is 2.25. The first kappa shape index (κ1) is 11.8. The summed E-state index contributed by atoms with van der Waals surface area (Å²) in [6.45, 7) is 0.464. The van der Waals surface area contributed by atoms with Gasteiger partial charge in [-0.25, -0.2) is 0 Å². The molecule has 0 bridgehead atoms. The Bertz CT molecular complexity index is 261. The van der Waals surface area contributed by atoms with Crippen molar-refractivity contribution in [2.45, 2.75) is 32.1 Å². The lowest BCUT2D eigenvalue weighted by Gasteiger charge is -2.16. The molecule has 0 aromatic rings. The van der Waals surface area contributed by atoms with Crippen LogP contribution in [0.15, 0.2) is 12.2 Å². The number of carbonyl (C=O) groups excluding carboxylic acids is 1. The zero-order valence-electron chi connectivity index (χ0n) is 8.74. The molecule has 4 heteroatoms.